The molecule has 0 radical (unpaired) electrons. The van der Waals surface area contributed by atoms with Crippen LogP contribution < -0.4 is 0 Å². The van der Waals surface area contributed by atoms with Crippen LogP contribution in [0.5, 0.6) is 0 Å². The van der Waals surface area contributed by atoms with Crippen LogP contribution in [0.3, 0.4) is 0 Å². The fraction of sp³-hybridized carbons (Fsp3) is 0.0909. The zero-order valence-corrected chi connectivity index (χ0v) is 31.9. The smallest absolute Gasteiger partial charge is 0.166 e. The Hall–Kier alpha value is -6.14. The van der Waals surface area contributed by atoms with E-state index in [4.69, 9.17) is 9.97 Å². The summed E-state index contributed by atoms with van der Waals surface area (Å²) < 4.78 is 4.33. The van der Waals surface area contributed by atoms with Gasteiger partial charge in [0.05, 0.1) is 45.8 Å². The molecular formula is C44H38N8OS2. The predicted octanol–water partition coefficient (Wildman–Crippen LogP) is 10.1. The number of hydrogen-bond donors (Lipinski definition) is 2. The second-order valence-electron chi connectivity index (χ2n) is 13.2. The summed E-state index contributed by atoms with van der Waals surface area (Å²) in [6.45, 7) is 4.21. The molecule has 0 bridgehead atoms. The molecule has 272 valence electrons. The first-order valence-electron chi connectivity index (χ1n) is 17.7. The number of para-hydroxylation sites is 4. The maximum atomic E-state index is 4.69. The number of nitrogens with zero attached hydrogens (tertiary/aromatic N) is 6. The molecule has 6 aromatic heterocycles. The highest BCUT2D eigenvalue weighted by Crippen LogP contribution is 2.29. The van der Waals surface area contributed by atoms with Crippen LogP contribution in [-0.2, 0) is 11.5 Å². The van der Waals surface area contributed by atoms with Crippen molar-refractivity contribution in [1.29, 1.82) is 0 Å². The maximum absolute atomic E-state index is 4.69. The molecule has 6 heterocycles. The quantitative estimate of drug-likeness (QED) is 0.149. The fourth-order valence-corrected chi connectivity index (χ4v) is 8.25. The molecule has 4 aromatic carbocycles. The van der Waals surface area contributed by atoms with Gasteiger partial charge < -0.3 is 15.4 Å². The molecule has 0 amide bonds. The Balaban J connectivity index is 0.000000153. The van der Waals surface area contributed by atoms with Crippen LogP contribution in [0.25, 0.3) is 55.9 Å². The largest absolute Gasteiger partial charge is 0.412 e. The molecule has 0 unspecified atom stereocenters. The SMILES string of the molecule is Cc1ccc(-c2cnc3c(CSc4nc5ccccc5[nH]4)cccn23)cc1.Cc1ccc(-c2cnc3c(CSc4nc5ccccc5[nH]4)cccn23)cc1.O. The minimum atomic E-state index is 0. The Morgan fingerprint density at radius 2 is 0.927 bits per heavy atom. The Kier molecular flexibility index (Phi) is 10.2. The third-order valence-corrected chi connectivity index (χ3v) is 11.2. The van der Waals surface area contributed by atoms with Crippen molar-refractivity contribution in [3.63, 3.8) is 0 Å². The van der Waals surface area contributed by atoms with Crippen LogP contribution >= 0.6 is 23.5 Å². The topological polar surface area (TPSA) is 123 Å². The number of aryl methyl sites for hydroxylation is 2. The number of aromatic amines is 2. The van der Waals surface area contributed by atoms with Gasteiger partial charge in [0.2, 0.25) is 0 Å². The number of benzene rings is 4. The van der Waals surface area contributed by atoms with Crippen molar-refractivity contribution in [2.75, 3.05) is 0 Å². The van der Waals surface area contributed by atoms with Gasteiger partial charge in [0.25, 0.3) is 0 Å². The first-order valence-corrected chi connectivity index (χ1v) is 19.7. The van der Waals surface area contributed by atoms with Gasteiger partial charge in [-0.3, -0.25) is 8.80 Å². The van der Waals surface area contributed by atoms with E-state index >= 15 is 0 Å². The number of imidazole rings is 4. The number of rotatable bonds is 8. The molecule has 0 atom stereocenters. The summed E-state index contributed by atoms with van der Waals surface area (Å²) in [4.78, 5) is 25.4. The van der Waals surface area contributed by atoms with Crippen LogP contribution in [0.4, 0.5) is 0 Å². The van der Waals surface area contributed by atoms with Gasteiger partial charge in [-0.15, -0.1) is 0 Å². The van der Waals surface area contributed by atoms with Gasteiger partial charge in [0.1, 0.15) is 11.3 Å². The van der Waals surface area contributed by atoms with E-state index in [1.807, 2.05) is 48.8 Å². The van der Waals surface area contributed by atoms with Gasteiger partial charge in [0, 0.05) is 46.2 Å². The molecule has 10 aromatic rings. The number of H-pyrrole nitrogens is 2. The molecule has 4 N–H and O–H groups in total. The number of thioether (sulfide) groups is 2. The number of fused-ring (bicyclic) bond motifs is 4. The van der Waals surface area contributed by atoms with Crippen LogP contribution in [0.15, 0.2) is 156 Å². The molecule has 10 rings (SSSR count). The van der Waals surface area contributed by atoms with Gasteiger partial charge in [-0.1, -0.05) is 120 Å². The van der Waals surface area contributed by atoms with Crippen molar-refractivity contribution in [3.05, 3.63) is 168 Å². The van der Waals surface area contributed by atoms with Gasteiger partial charge in [0.15, 0.2) is 10.3 Å². The minimum absolute atomic E-state index is 0. The third kappa shape index (κ3) is 7.50. The standard InChI is InChI=1S/2C22H18N4S.H2O/c2*1-15-8-10-16(11-9-15)20-13-23-21-17(5-4-12-26(20)21)14-27-22-24-18-6-2-3-7-19(18)25-22;/h2*2-13H,14H2,1H3,(H,24,25);1H2. The molecule has 11 heteroatoms. The second-order valence-corrected chi connectivity index (χ2v) is 15.1. The van der Waals surface area contributed by atoms with E-state index in [1.165, 1.54) is 33.4 Å². The molecule has 55 heavy (non-hydrogen) atoms. The third-order valence-electron chi connectivity index (χ3n) is 9.39. The van der Waals surface area contributed by atoms with Crippen molar-refractivity contribution in [2.24, 2.45) is 0 Å². The summed E-state index contributed by atoms with van der Waals surface area (Å²) in [6, 6.07) is 41.8. The Morgan fingerprint density at radius 3 is 1.35 bits per heavy atom. The van der Waals surface area contributed by atoms with E-state index in [2.05, 4.69) is 140 Å². The molecule has 0 spiro atoms. The summed E-state index contributed by atoms with van der Waals surface area (Å²) in [5, 5.41) is 1.87. The first-order chi connectivity index (χ1) is 26.6. The monoisotopic (exact) mass is 758 g/mol. The summed E-state index contributed by atoms with van der Waals surface area (Å²) in [7, 11) is 0. The van der Waals surface area contributed by atoms with Crippen molar-refractivity contribution in [1.82, 2.24) is 38.7 Å². The minimum Gasteiger partial charge on any atom is -0.412 e. The van der Waals surface area contributed by atoms with E-state index in [-0.39, 0.29) is 5.48 Å². The van der Waals surface area contributed by atoms with Gasteiger partial charge in [-0.25, -0.2) is 19.9 Å². The lowest BCUT2D eigenvalue weighted by molar-refractivity contribution is 0.824. The van der Waals surface area contributed by atoms with E-state index < -0.39 is 0 Å². The lowest BCUT2D eigenvalue weighted by atomic mass is 10.1. The van der Waals surface area contributed by atoms with Crippen LogP contribution in [-0.4, -0.2) is 44.2 Å². The highest BCUT2D eigenvalue weighted by atomic mass is 32.2. The van der Waals surface area contributed by atoms with Crippen molar-refractivity contribution >= 4 is 56.9 Å². The number of hydrogen-bond acceptors (Lipinski definition) is 6. The second kappa shape index (κ2) is 15.7. The highest BCUT2D eigenvalue weighted by Gasteiger charge is 2.13. The average molecular weight is 759 g/mol. The molecule has 0 aliphatic heterocycles. The molecule has 0 saturated carbocycles. The Morgan fingerprint density at radius 1 is 0.509 bits per heavy atom. The van der Waals surface area contributed by atoms with E-state index in [9.17, 15) is 0 Å². The lowest BCUT2D eigenvalue weighted by Crippen LogP contribution is -1.93. The van der Waals surface area contributed by atoms with Crippen molar-refractivity contribution in [3.8, 4) is 22.5 Å². The van der Waals surface area contributed by atoms with Crippen LogP contribution in [0.1, 0.15) is 22.3 Å². The Bertz CT molecular complexity index is 2610. The molecule has 0 aliphatic rings. The summed E-state index contributed by atoms with van der Waals surface area (Å²) in [5.74, 6) is 1.63. The maximum Gasteiger partial charge on any atom is 0.166 e. The first kappa shape index (κ1) is 35.9. The molecule has 0 aliphatic carbocycles. The van der Waals surface area contributed by atoms with E-state index in [0.717, 1.165) is 66.6 Å². The van der Waals surface area contributed by atoms with E-state index in [1.54, 1.807) is 23.5 Å². The Labute approximate surface area is 326 Å². The fourth-order valence-electron chi connectivity index (χ4n) is 6.53. The van der Waals surface area contributed by atoms with Gasteiger partial charge in [-0.2, -0.15) is 0 Å². The van der Waals surface area contributed by atoms with Crippen molar-refractivity contribution in [2.45, 2.75) is 35.7 Å². The normalized spacial score (nSPS) is 11.2. The lowest BCUT2D eigenvalue weighted by Gasteiger charge is -2.05. The molecular weight excluding hydrogens is 721 g/mol. The van der Waals surface area contributed by atoms with Gasteiger partial charge in [-0.05, 0) is 50.2 Å². The highest BCUT2D eigenvalue weighted by molar-refractivity contribution is 7.98. The average Bonchev–Trinajstić information content (AvgIpc) is 4.02. The summed E-state index contributed by atoms with van der Waals surface area (Å²) >= 11 is 3.40. The van der Waals surface area contributed by atoms with Gasteiger partial charge >= 0.3 is 0 Å². The van der Waals surface area contributed by atoms with Crippen LogP contribution in [0, 0.1) is 13.8 Å². The number of nitrogens with one attached hydrogen (secondary N) is 2. The summed E-state index contributed by atoms with van der Waals surface area (Å²) in [6.07, 6.45) is 8.06. The zero-order chi connectivity index (χ0) is 36.4. The predicted molar refractivity (Wildman–Crippen MR) is 226 cm³/mol. The number of pyridine rings is 2. The van der Waals surface area contributed by atoms with E-state index in [0.29, 0.717) is 0 Å². The zero-order valence-electron chi connectivity index (χ0n) is 30.3. The van der Waals surface area contributed by atoms with Crippen LogP contribution in [0.2, 0.25) is 0 Å². The number of aromatic nitrogens is 8. The molecule has 9 nitrogen and oxygen atoms in total. The summed E-state index contributed by atoms with van der Waals surface area (Å²) in [5.41, 5.74) is 15.6. The van der Waals surface area contributed by atoms with Crippen molar-refractivity contribution < 1.29 is 5.48 Å². The molecule has 0 fully saturated rings. The molecule has 0 saturated heterocycles.